The van der Waals surface area contributed by atoms with E-state index in [9.17, 15) is 8.78 Å². The van der Waals surface area contributed by atoms with Crippen molar-refractivity contribution in [1.29, 1.82) is 5.41 Å². The Bertz CT molecular complexity index is 276. The fraction of sp³-hybridized carbons (Fsp3) is 0.125. The zero-order valence-corrected chi connectivity index (χ0v) is 6.13. The molecule has 0 spiro atoms. The van der Waals surface area contributed by atoms with Gasteiger partial charge in [-0.3, -0.25) is 0 Å². The van der Waals surface area contributed by atoms with Crippen LogP contribution in [0.3, 0.4) is 0 Å². The Morgan fingerprint density at radius 1 is 1.42 bits per heavy atom. The van der Waals surface area contributed by atoms with Gasteiger partial charge in [0.05, 0.1) is 0 Å². The Hall–Kier alpha value is -1.45. The van der Waals surface area contributed by atoms with Crippen LogP contribution in [0, 0.1) is 5.41 Å². The van der Waals surface area contributed by atoms with E-state index in [4.69, 9.17) is 5.41 Å². The first-order valence-corrected chi connectivity index (χ1v) is 3.27. The van der Waals surface area contributed by atoms with Crippen molar-refractivity contribution in [2.24, 2.45) is 0 Å². The number of hydrogen-bond donors (Lipinski definition) is 1. The second kappa shape index (κ2) is 3.80. The molecule has 1 N–H and O–H groups in total. The minimum Gasteiger partial charge on any atom is -0.435 e. The van der Waals surface area contributed by atoms with E-state index in [0.717, 1.165) is 6.21 Å². The first kappa shape index (κ1) is 8.64. The number of ether oxygens (including phenoxy) is 1. The van der Waals surface area contributed by atoms with Gasteiger partial charge in [-0.15, -0.1) is 0 Å². The summed E-state index contributed by atoms with van der Waals surface area (Å²) in [6, 6.07) is 5.97. The second-order valence-electron chi connectivity index (χ2n) is 2.10. The average Bonchev–Trinajstić information content (AvgIpc) is 2.03. The summed E-state index contributed by atoms with van der Waals surface area (Å²) >= 11 is 0. The molecule has 0 fully saturated rings. The fourth-order valence-corrected chi connectivity index (χ4v) is 0.781. The topological polar surface area (TPSA) is 33.1 Å². The first-order valence-electron chi connectivity index (χ1n) is 3.27. The Kier molecular flexibility index (Phi) is 2.74. The van der Waals surface area contributed by atoms with Crippen LogP contribution in [0.1, 0.15) is 5.56 Å². The molecular weight excluding hydrogens is 164 g/mol. The molecule has 1 rings (SSSR count). The largest absolute Gasteiger partial charge is 0.435 e. The van der Waals surface area contributed by atoms with E-state index in [1.807, 2.05) is 0 Å². The van der Waals surface area contributed by atoms with Crippen molar-refractivity contribution in [1.82, 2.24) is 0 Å². The highest BCUT2D eigenvalue weighted by Gasteiger charge is 2.03. The summed E-state index contributed by atoms with van der Waals surface area (Å²) in [5.41, 5.74) is 0.535. The summed E-state index contributed by atoms with van der Waals surface area (Å²) in [6.07, 6.45) is 1.07. The maximum absolute atomic E-state index is 11.7. The Labute approximate surface area is 68.3 Å². The van der Waals surface area contributed by atoms with Crippen LogP contribution in [0.2, 0.25) is 0 Å². The SMILES string of the molecule is N=Cc1cccc(OC(F)F)c1. The lowest BCUT2D eigenvalue weighted by Crippen LogP contribution is -2.01. The van der Waals surface area contributed by atoms with Crippen LogP contribution >= 0.6 is 0 Å². The van der Waals surface area contributed by atoms with Gasteiger partial charge in [0.25, 0.3) is 0 Å². The summed E-state index contributed by atoms with van der Waals surface area (Å²) in [4.78, 5) is 0. The number of rotatable bonds is 3. The third-order valence-electron chi connectivity index (χ3n) is 1.25. The van der Waals surface area contributed by atoms with Crippen LogP contribution in [-0.4, -0.2) is 12.8 Å². The molecular formula is C8H7F2NO. The van der Waals surface area contributed by atoms with Crippen molar-refractivity contribution in [2.45, 2.75) is 6.61 Å². The molecule has 0 aliphatic carbocycles. The highest BCUT2D eigenvalue weighted by Crippen LogP contribution is 2.14. The lowest BCUT2D eigenvalue weighted by molar-refractivity contribution is -0.0498. The molecule has 0 aromatic heterocycles. The summed E-state index contributed by atoms with van der Waals surface area (Å²) in [5.74, 6) is 0.0750. The molecule has 0 saturated carbocycles. The van der Waals surface area contributed by atoms with Gasteiger partial charge in [-0.25, -0.2) is 0 Å². The lowest BCUT2D eigenvalue weighted by Gasteiger charge is -2.03. The minimum atomic E-state index is -2.81. The van der Waals surface area contributed by atoms with Crippen LogP contribution in [0.5, 0.6) is 5.75 Å². The molecule has 0 amide bonds. The molecule has 4 heteroatoms. The van der Waals surface area contributed by atoms with Gasteiger partial charge >= 0.3 is 6.61 Å². The number of alkyl halides is 2. The van der Waals surface area contributed by atoms with Gasteiger partial charge < -0.3 is 10.1 Å². The highest BCUT2D eigenvalue weighted by molar-refractivity contribution is 5.77. The minimum absolute atomic E-state index is 0.0750. The summed E-state index contributed by atoms with van der Waals surface area (Å²) in [7, 11) is 0. The van der Waals surface area contributed by atoms with Crippen molar-refractivity contribution in [3.8, 4) is 5.75 Å². The van der Waals surface area contributed by atoms with Crippen LogP contribution < -0.4 is 4.74 Å². The van der Waals surface area contributed by atoms with Gasteiger partial charge in [0, 0.05) is 6.21 Å². The van der Waals surface area contributed by atoms with Gasteiger partial charge in [-0.1, -0.05) is 12.1 Å². The van der Waals surface area contributed by atoms with Crippen molar-refractivity contribution >= 4 is 6.21 Å². The molecule has 64 valence electrons. The summed E-state index contributed by atoms with van der Waals surface area (Å²) in [5, 5.41) is 6.85. The second-order valence-corrected chi connectivity index (χ2v) is 2.10. The summed E-state index contributed by atoms with van der Waals surface area (Å²) in [6.45, 7) is -2.81. The predicted molar refractivity (Wildman–Crippen MR) is 41.0 cm³/mol. The van der Waals surface area contributed by atoms with Gasteiger partial charge in [-0.05, 0) is 17.7 Å². The van der Waals surface area contributed by atoms with E-state index < -0.39 is 6.61 Å². The third kappa shape index (κ3) is 2.30. The van der Waals surface area contributed by atoms with E-state index in [-0.39, 0.29) is 5.75 Å². The van der Waals surface area contributed by atoms with Gasteiger partial charge in [0.1, 0.15) is 5.75 Å². The average molecular weight is 171 g/mol. The van der Waals surface area contributed by atoms with Crippen molar-refractivity contribution in [3.63, 3.8) is 0 Å². The van der Waals surface area contributed by atoms with Crippen LogP contribution in [0.4, 0.5) is 8.78 Å². The van der Waals surface area contributed by atoms with Crippen LogP contribution in [0.25, 0.3) is 0 Å². The molecule has 0 bridgehead atoms. The molecule has 2 nitrogen and oxygen atoms in total. The van der Waals surface area contributed by atoms with Crippen molar-refractivity contribution in [3.05, 3.63) is 29.8 Å². The van der Waals surface area contributed by atoms with E-state index in [0.29, 0.717) is 5.56 Å². The zero-order valence-electron chi connectivity index (χ0n) is 6.13. The molecule has 0 aliphatic rings. The molecule has 0 heterocycles. The van der Waals surface area contributed by atoms with Crippen LogP contribution in [-0.2, 0) is 0 Å². The Morgan fingerprint density at radius 3 is 2.75 bits per heavy atom. The lowest BCUT2D eigenvalue weighted by atomic mass is 10.2. The molecule has 0 radical (unpaired) electrons. The van der Waals surface area contributed by atoms with Gasteiger partial charge in [0.15, 0.2) is 0 Å². The molecule has 1 aromatic rings. The van der Waals surface area contributed by atoms with E-state index in [2.05, 4.69) is 4.74 Å². The Morgan fingerprint density at radius 2 is 2.17 bits per heavy atom. The van der Waals surface area contributed by atoms with E-state index in [1.54, 1.807) is 12.1 Å². The van der Waals surface area contributed by atoms with E-state index >= 15 is 0 Å². The van der Waals surface area contributed by atoms with Gasteiger partial charge in [0.2, 0.25) is 0 Å². The van der Waals surface area contributed by atoms with Gasteiger partial charge in [-0.2, -0.15) is 8.78 Å². The van der Waals surface area contributed by atoms with E-state index in [1.165, 1.54) is 12.1 Å². The monoisotopic (exact) mass is 171 g/mol. The fourth-order valence-electron chi connectivity index (χ4n) is 0.781. The normalized spacial score (nSPS) is 9.92. The van der Waals surface area contributed by atoms with Crippen molar-refractivity contribution in [2.75, 3.05) is 0 Å². The van der Waals surface area contributed by atoms with Crippen molar-refractivity contribution < 1.29 is 13.5 Å². The maximum atomic E-state index is 11.7. The summed E-state index contributed by atoms with van der Waals surface area (Å²) < 4.78 is 27.5. The third-order valence-corrected chi connectivity index (χ3v) is 1.25. The maximum Gasteiger partial charge on any atom is 0.387 e. The quantitative estimate of drug-likeness (QED) is 0.695. The predicted octanol–water partition coefficient (Wildman–Crippen LogP) is 2.29. The van der Waals surface area contributed by atoms with Crippen LogP contribution in [0.15, 0.2) is 24.3 Å². The number of halogens is 2. The standard InChI is InChI=1S/C8H7F2NO/c9-8(10)12-7-3-1-2-6(4-7)5-11/h1-5,8,11H. The highest BCUT2D eigenvalue weighted by atomic mass is 19.3. The molecule has 0 aliphatic heterocycles. The molecule has 1 aromatic carbocycles. The first-order chi connectivity index (χ1) is 5.72. The zero-order chi connectivity index (χ0) is 8.97. The smallest absolute Gasteiger partial charge is 0.387 e. The molecule has 12 heavy (non-hydrogen) atoms. The number of benzene rings is 1. The molecule has 0 atom stereocenters. The molecule has 0 saturated heterocycles. The Balaban J connectivity index is 2.79. The number of hydrogen-bond acceptors (Lipinski definition) is 2. The number of nitrogens with one attached hydrogen (secondary N) is 1. The molecule has 0 unspecified atom stereocenters.